The van der Waals surface area contributed by atoms with Crippen molar-refractivity contribution in [3.63, 3.8) is 0 Å². The number of likely N-dealkylation sites (tertiary alicyclic amines) is 1. The first-order valence-electron chi connectivity index (χ1n) is 7.55. The predicted molar refractivity (Wildman–Crippen MR) is 79.6 cm³/mol. The Balaban J connectivity index is 1.64. The molecule has 3 heterocycles. The maximum absolute atomic E-state index is 12.4. The molecule has 1 saturated heterocycles. The van der Waals surface area contributed by atoms with E-state index in [2.05, 4.69) is 4.98 Å². The van der Waals surface area contributed by atoms with Crippen LogP contribution in [0.25, 0.3) is 11.7 Å². The molecular weight excluding hydrogens is 300 g/mol. The van der Waals surface area contributed by atoms with Crippen LogP contribution in [-0.2, 0) is 16.0 Å². The molecule has 7 nitrogen and oxygen atoms in total. The second-order valence-electron chi connectivity index (χ2n) is 5.67. The van der Waals surface area contributed by atoms with Crippen molar-refractivity contribution >= 4 is 11.9 Å². The minimum atomic E-state index is -0.785. The summed E-state index contributed by atoms with van der Waals surface area (Å²) in [5.41, 5.74) is 0.585. The molecule has 23 heavy (non-hydrogen) atoms. The smallest absolute Gasteiger partial charge is 0.306 e. The number of amides is 1. The Kier molecular flexibility index (Phi) is 4.18. The SMILES string of the molecule is Cc1oc(-c2ccco2)nc1CC(=O)N1CCC(C(=O)O)CC1. The zero-order valence-corrected chi connectivity index (χ0v) is 12.8. The number of aliphatic carboxylic acids is 1. The van der Waals surface area contributed by atoms with Crippen LogP contribution in [0.5, 0.6) is 0 Å². The molecule has 0 bridgehead atoms. The third-order valence-electron chi connectivity index (χ3n) is 4.14. The van der Waals surface area contributed by atoms with Gasteiger partial charge < -0.3 is 18.8 Å². The van der Waals surface area contributed by atoms with Crippen molar-refractivity contribution in [2.75, 3.05) is 13.1 Å². The maximum Gasteiger partial charge on any atom is 0.306 e. The molecule has 2 aromatic heterocycles. The normalized spacial score (nSPS) is 15.8. The summed E-state index contributed by atoms with van der Waals surface area (Å²) in [6, 6.07) is 3.49. The highest BCUT2D eigenvalue weighted by Crippen LogP contribution is 2.23. The second-order valence-corrected chi connectivity index (χ2v) is 5.67. The fourth-order valence-electron chi connectivity index (χ4n) is 2.73. The molecule has 0 atom stereocenters. The van der Waals surface area contributed by atoms with Gasteiger partial charge in [0.05, 0.1) is 24.3 Å². The van der Waals surface area contributed by atoms with Gasteiger partial charge in [-0.3, -0.25) is 9.59 Å². The van der Waals surface area contributed by atoms with Gasteiger partial charge in [-0.1, -0.05) is 0 Å². The van der Waals surface area contributed by atoms with Gasteiger partial charge in [0.2, 0.25) is 5.91 Å². The summed E-state index contributed by atoms with van der Waals surface area (Å²) in [6.45, 7) is 2.70. The van der Waals surface area contributed by atoms with Crippen molar-refractivity contribution in [1.82, 2.24) is 9.88 Å². The standard InChI is InChI=1S/C16H18N2O5/c1-10-12(17-15(23-10)13-3-2-8-22-13)9-14(19)18-6-4-11(5-7-18)16(20)21/h2-3,8,11H,4-7,9H2,1H3,(H,20,21). The van der Waals surface area contributed by atoms with E-state index in [9.17, 15) is 9.59 Å². The van der Waals surface area contributed by atoms with Gasteiger partial charge in [0.15, 0.2) is 5.76 Å². The molecule has 1 N–H and O–H groups in total. The first-order chi connectivity index (χ1) is 11.0. The average Bonchev–Trinajstić information content (AvgIpc) is 3.18. The third-order valence-corrected chi connectivity index (χ3v) is 4.14. The largest absolute Gasteiger partial charge is 0.481 e. The molecule has 0 spiro atoms. The third kappa shape index (κ3) is 3.28. The number of carbonyl (C=O) groups excluding carboxylic acids is 1. The van der Waals surface area contributed by atoms with Crippen molar-refractivity contribution in [2.45, 2.75) is 26.2 Å². The molecule has 0 saturated carbocycles. The van der Waals surface area contributed by atoms with Gasteiger partial charge >= 0.3 is 5.97 Å². The van der Waals surface area contributed by atoms with E-state index in [1.807, 2.05) is 0 Å². The van der Waals surface area contributed by atoms with E-state index >= 15 is 0 Å². The molecule has 0 unspecified atom stereocenters. The van der Waals surface area contributed by atoms with E-state index in [0.717, 1.165) is 0 Å². The van der Waals surface area contributed by atoms with Crippen molar-refractivity contribution in [2.24, 2.45) is 5.92 Å². The van der Waals surface area contributed by atoms with Gasteiger partial charge in [-0.2, -0.15) is 0 Å². The summed E-state index contributed by atoms with van der Waals surface area (Å²) < 4.78 is 10.8. The van der Waals surface area contributed by atoms with Crippen LogP contribution < -0.4 is 0 Å². The lowest BCUT2D eigenvalue weighted by Crippen LogP contribution is -2.41. The first kappa shape index (κ1) is 15.3. The van der Waals surface area contributed by atoms with E-state index < -0.39 is 5.97 Å². The predicted octanol–water partition coefficient (Wildman–Crippen LogP) is 2.11. The number of piperidine rings is 1. The lowest BCUT2D eigenvalue weighted by Gasteiger charge is -2.30. The Hall–Kier alpha value is -2.57. The van der Waals surface area contributed by atoms with E-state index in [-0.39, 0.29) is 18.2 Å². The Morgan fingerprint density at radius 1 is 1.39 bits per heavy atom. The molecule has 1 aliphatic rings. The number of nitrogens with zero attached hydrogens (tertiary/aromatic N) is 2. The van der Waals surface area contributed by atoms with Crippen LogP contribution in [0.4, 0.5) is 0 Å². The molecule has 1 amide bonds. The molecule has 0 aliphatic carbocycles. The van der Waals surface area contributed by atoms with Gasteiger partial charge in [0.25, 0.3) is 5.89 Å². The Morgan fingerprint density at radius 3 is 2.74 bits per heavy atom. The molecule has 122 valence electrons. The topological polar surface area (TPSA) is 96.8 Å². The van der Waals surface area contributed by atoms with Gasteiger partial charge in [-0.05, 0) is 31.9 Å². The number of hydrogen-bond acceptors (Lipinski definition) is 5. The molecule has 3 rings (SSSR count). The molecule has 0 radical (unpaired) electrons. The second kappa shape index (κ2) is 6.28. The number of carbonyl (C=O) groups is 2. The van der Waals surface area contributed by atoms with Crippen molar-refractivity contribution in [3.8, 4) is 11.7 Å². The zero-order valence-electron chi connectivity index (χ0n) is 12.8. The lowest BCUT2D eigenvalue weighted by atomic mass is 9.97. The van der Waals surface area contributed by atoms with Gasteiger partial charge in [0.1, 0.15) is 5.76 Å². The Labute approximate surface area is 132 Å². The minimum absolute atomic E-state index is 0.0590. The molecular formula is C16H18N2O5. The van der Waals surface area contributed by atoms with Crippen LogP contribution in [0.1, 0.15) is 24.3 Å². The number of aryl methyl sites for hydroxylation is 1. The van der Waals surface area contributed by atoms with Crippen molar-refractivity contribution in [1.29, 1.82) is 0 Å². The number of rotatable bonds is 4. The minimum Gasteiger partial charge on any atom is -0.481 e. The number of aromatic nitrogens is 1. The number of hydrogen-bond donors (Lipinski definition) is 1. The maximum atomic E-state index is 12.4. The summed E-state index contributed by atoms with van der Waals surface area (Å²) in [6.07, 6.45) is 2.67. The van der Waals surface area contributed by atoms with Gasteiger partial charge in [-0.15, -0.1) is 0 Å². The van der Waals surface area contributed by atoms with Gasteiger partial charge in [0, 0.05) is 13.1 Å². The highest BCUT2D eigenvalue weighted by Gasteiger charge is 2.28. The fourth-order valence-corrected chi connectivity index (χ4v) is 2.73. The van der Waals surface area contributed by atoms with E-state index in [4.69, 9.17) is 13.9 Å². The van der Waals surface area contributed by atoms with Crippen molar-refractivity contribution in [3.05, 3.63) is 29.9 Å². The summed E-state index contributed by atoms with van der Waals surface area (Å²) in [7, 11) is 0. The number of furan rings is 1. The first-order valence-corrected chi connectivity index (χ1v) is 7.55. The van der Waals surface area contributed by atoms with Crippen LogP contribution in [0, 0.1) is 12.8 Å². The lowest BCUT2D eigenvalue weighted by molar-refractivity contribution is -0.145. The zero-order chi connectivity index (χ0) is 16.4. The Morgan fingerprint density at radius 2 is 2.13 bits per heavy atom. The summed E-state index contributed by atoms with van der Waals surface area (Å²) in [4.78, 5) is 29.3. The van der Waals surface area contributed by atoms with Crippen LogP contribution in [-0.4, -0.2) is 40.0 Å². The quantitative estimate of drug-likeness (QED) is 0.927. The number of oxazole rings is 1. The van der Waals surface area contributed by atoms with Gasteiger partial charge in [-0.25, -0.2) is 4.98 Å². The van der Waals surface area contributed by atoms with Crippen LogP contribution in [0.2, 0.25) is 0 Å². The molecule has 1 fully saturated rings. The summed E-state index contributed by atoms with van der Waals surface area (Å²) in [5.74, 6) is 0.279. The summed E-state index contributed by atoms with van der Waals surface area (Å²) >= 11 is 0. The molecule has 1 aliphatic heterocycles. The number of carboxylic acid groups (broad SMARTS) is 1. The fraction of sp³-hybridized carbons (Fsp3) is 0.438. The van der Waals surface area contributed by atoms with Crippen LogP contribution in [0.15, 0.2) is 27.2 Å². The van der Waals surface area contributed by atoms with Crippen LogP contribution in [0.3, 0.4) is 0 Å². The van der Waals surface area contributed by atoms with E-state index in [0.29, 0.717) is 49.0 Å². The highest BCUT2D eigenvalue weighted by molar-refractivity contribution is 5.79. The molecule has 7 heteroatoms. The highest BCUT2D eigenvalue weighted by atomic mass is 16.4. The van der Waals surface area contributed by atoms with Crippen molar-refractivity contribution < 1.29 is 23.5 Å². The van der Waals surface area contributed by atoms with E-state index in [1.54, 1.807) is 24.0 Å². The average molecular weight is 318 g/mol. The van der Waals surface area contributed by atoms with E-state index in [1.165, 1.54) is 6.26 Å². The number of carboxylic acids is 1. The molecule has 0 aromatic carbocycles. The summed E-state index contributed by atoms with van der Waals surface area (Å²) in [5, 5.41) is 8.99. The molecule has 2 aromatic rings. The Bertz CT molecular complexity index is 696. The van der Waals surface area contributed by atoms with Crippen LogP contribution >= 0.6 is 0 Å². The monoisotopic (exact) mass is 318 g/mol.